The number of hydrogen-bond donors (Lipinski definition) is 1. The van der Waals surface area contributed by atoms with Gasteiger partial charge in [-0.15, -0.1) is 0 Å². The van der Waals surface area contributed by atoms with Gasteiger partial charge in [0, 0.05) is 13.1 Å². The molecule has 22 heavy (non-hydrogen) atoms. The molecular formula is C15H16N2O5. The van der Waals surface area contributed by atoms with E-state index in [4.69, 9.17) is 9.52 Å². The Morgan fingerprint density at radius 2 is 1.91 bits per heavy atom. The maximum absolute atomic E-state index is 12.3. The highest BCUT2D eigenvalue weighted by molar-refractivity contribution is 5.92. The second-order valence-corrected chi connectivity index (χ2v) is 5.38. The fourth-order valence-corrected chi connectivity index (χ4v) is 2.72. The first-order chi connectivity index (χ1) is 10.6. The van der Waals surface area contributed by atoms with Crippen molar-refractivity contribution in [2.45, 2.75) is 25.8 Å². The molecule has 2 aromatic rings. The zero-order valence-corrected chi connectivity index (χ0v) is 11.9. The first-order valence-electron chi connectivity index (χ1n) is 7.21. The Balaban J connectivity index is 1.93. The third-order valence-electron chi connectivity index (χ3n) is 3.92. The molecule has 1 saturated heterocycles. The molecule has 1 fully saturated rings. The Morgan fingerprint density at radius 3 is 2.59 bits per heavy atom. The summed E-state index contributed by atoms with van der Waals surface area (Å²) in [5, 5.41) is 9.03. The van der Waals surface area contributed by atoms with Crippen molar-refractivity contribution in [1.29, 1.82) is 0 Å². The van der Waals surface area contributed by atoms with Gasteiger partial charge in [-0.2, -0.15) is 0 Å². The summed E-state index contributed by atoms with van der Waals surface area (Å²) in [5.74, 6) is -1.89. The number of carboxylic acid groups (broad SMARTS) is 1. The summed E-state index contributed by atoms with van der Waals surface area (Å²) in [7, 11) is 0. The highest BCUT2D eigenvalue weighted by Crippen LogP contribution is 2.16. The number of likely N-dealkylation sites (tertiary alicyclic amines) is 1. The number of aromatic carboxylic acids is 1. The van der Waals surface area contributed by atoms with Crippen LogP contribution in [-0.4, -0.2) is 39.5 Å². The Bertz CT molecular complexity index is 783. The van der Waals surface area contributed by atoms with Crippen LogP contribution >= 0.6 is 0 Å². The number of nitrogens with zero attached hydrogens (tertiary/aromatic N) is 2. The summed E-state index contributed by atoms with van der Waals surface area (Å²) < 4.78 is 6.26. The molecule has 0 radical (unpaired) electrons. The second-order valence-electron chi connectivity index (χ2n) is 5.38. The molecule has 1 aromatic carbocycles. The first kappa shape index (κ1) is 14.4. The second kappa shape index (κ2) is 5.67. The number of amides is 1. The molecule has 1 N–H and O–H groups in total. The first-order valence-corrected chi connectivity index (χ1v) is 7.21. The predicted octanol–water partition coefficient (Wildman–Crippen LogP) is 1.31. The third-order valence-corrected chi connectivity index (χ3v) is 3.92. The van der Waals surface area contributed by atoms with E-state index in [0.29, 0.717) is 18.6 Å². The number of hydrogen-bond acceptors (Lipinski definition) is 4. The third kappa shape index (κ3) is 2.61. The molecule has 2 heterocycles. The molecule has 0 unspecified atom stereocenters. The standard InChI is InChI=1S/C15H16N2O5/c18-13(16-6-2-1-3-7-16)9-17-11-8-10(14(19)20)4-5-12(11)22-15(17)21/h4-5,8H,1-3,6-7,9H2,(H,19,20). The van der Waals surface area contributed by atoms with Crippen LogP contribution in [0.5, 0.6) is 0 Å². The van der Waals surface area contributed by atoms with E-state index in [1.807, 2.05) is 0 Å². The number of rotatable bonds is 3. The van der Waals surface area contributed by atoms with Gasteiger partial charge in [-0.3, -0.25) is 9.36 Å². The largest absolute Gasteiger partial charge is 0.478 e. The molecule has 0 saturated carbocycles. The molecule has 7 heteroatoms. The molecule has 7 nitrogen and oxygen atoms in total. The maximum Gasteiger partial charge on any atom is 0.420 e. The van der Waals surface area contributed by atoms with Crippen molar-refractivity contribution < 1.29 is 19.1 Å². The summed E-state index contributed by atoms with van der Waals surface area (Å²) in [6.45, 7) is 1.27. The van der Waals surface area contributed by atoms with E-state index < -0.39 is 11.7 Å². The van der Waals surface area contributed by atoms with Crippen LogP contribution in [0.15, 0.2) is 27.4 Å². The van der Waals surface area contributed by atoms with Crippen LogP contribution in [0, 0.1) is 0 Å². The van der Waals surface area contributed by atoms with Crippen LogP contribution in [0.4, 0.5) is 0 Å². The zero-order valence-electron chi connectivity index (χ0n) is 11.9. The molecule has 0 spiro atoms. The number of fused-ring (bicyclic) bond motifs is 1. The van der Waals surface area contributed by atoms with Gasteiger partial charge in [-0.05, 0) is 37.5 Å². The average Bonchev–Trinajstić information content (AvgIpc) is 2.83. The number of oxazole rings is 1. The normalized spacial score (nSPS) is 15.2. The van der Waals surface area contributed by atoms with Crippen LogP contribution in [0.1, 0.15) is 29.6 Å². The number of benzene rings is 1. The lowest BCUT2D eigenvalue weighted by molar-refractivity contribution is -0.132. The summed E-state index contributed by atoms with van der Waals surface area (Å²) in [6.07, 6.45) is 3.05. The summed E-state index contributed by atoms with van der Waals surface area (Å²) in [4.78, 5) is 37.0. The highest BCUT2D eigenvalue weighted by Gasteiger charge is 2.20. The number of carbonyl (C=O) groups is 2. The topological polar surface area (TPSA) is 92.7 Å². The van der Waals surface area contributed by atoms with Gasteiger partial charge >= 0.3 is 11.7 Å². The fourth-order valence-electron chi connectivity index (χ4n) is 2.72. The molecule has 0 bridgehead atoms. The zero-order chi connectivity index (χ0) is 15.7. The van der Waals surface area contributed by atoms with E-state index in [2.05, 4.69) is 0 Å². The molecule has 0 atom stereocenters. The van der Waals surface area contributed by atoms with E-state index in [-0.39, 0.29) is 23.6 Å². The lowest BCUT2D eigenvalue weighted by atomic mass is 10.1. The lowest BCUT2D eigenvalue weighted by Gasteiger charge is -2.26. The molecule has 1 aromatic heterocycles. The predicted molar refractivity (Wildman–Crippen MR) is 77.9 cm³/mol. The molecule has 116 valence electrons. The van der Waals surface area contributed by atoms with Gasteiger partial charge < -0.3 is 14.4 Å². The molecule has 3 rings (SSSR count). The fraction of sp³-hybridized carbons (Fsp3) is 0.400. The van der Waals surface area contributed by atoms with Crippen molar-refractivity contribution in [2.24, 2.45) is 0 Å². The highest BCUT2D eigenvalue weighted by atomic mass is 16.4. The smallest absolute Gasteiger partial charge is 0.420 e. The number of piperidine rings is 1. The van der Waals surface area contributed by atoms with Gasteiger partial charge in [0.05, 0.1) is 11.1 Å². The van der Waals surface area contributed by atoms with Crippen LogP contribution < -0.4 is 5.76 Å². The van der Waals surface area contributed by atoms with Crippen LogP contribution in [0.3, 0.4) is 0 Å². The van der Waals surface area contributed by atoms with Gasteiger partial charge in [0.15, 0.2) is 5.58 Å². The summed E-state index contributed by atoms with van der Waals surface area (Å²) in [5.41, 5.74) is 0.657. The molecular weight excluding hydrogens is 288 g/mol. The summed E-state index contributed by atoms with van der Waals surface area (Å²) >= 11 is 0. The van der Waals surface area contributed by atoms with Crippen molar-refractivity contribution in [3.8, 4) is 0 Å². The van der Waals surface area contributed by atoms with E-state index in [9.17, 15) is 14.4 Å². The number of carboxylic acids is 1. The Labute approximate surface area is 125 Å². The van der Waals surface area contributed by atoms with Gasteiger partial charge in [-0.1, -0.05) is 0 Å². The minimum absolute atomic E-state index is 0.0486. The van der Waals surface area contributed by atoms with Gasteiger partial charge in [-0.25, -0.2) is 9.59 Å². The summed E-state index contributed by atoms with van der Waals surface area (Å²) in [6, 6.07) is 4.15. The molecule has 0 aliphatic carbocycles. The molecule has 1 aliphatic rings. The maximum atomic E-state index is 12.3. The van der Waals surface area contributed by atoms with E-state index >= 15 is 0 Å². The van der Waals surface area contributed by atoms with Crippen LogP contribution in [-0.2, 0) is 11.3 Å². The van der Waals surface area contributed by atoms with Crippen LogP contribution in [0.25, 0.3) is 11.1 Å². The minimum atomic E-state index is -1.09. The number of carbonyl (C=O) groups excluding carboxylic acids is 1. The van der Waals surface area contributed by atoms with Crippen molar-refractivity contribution >= 4 is 23.0 Å². The Kier molecular flexibility index (Phi) is 3.70. The van der Waals surface area contributed by atoms with E-state index in [1.54, 1.807) is 4.90 Å². The van der Waals surface area contributed by atoms with Gasteiger partial charge in [0.1, 0.15) is 6.54 Å². The van der Waals surface area contributed by atoms with E-state index in [1.165, 1.54) is 22.8 Å². The molecule has 1 amide bonds. The number of aromatic nitrogens is 1. The Hall–Kier alpha value is -2.57. The van der Waals surface area contributed by atoms with Gasteiger partial charge in [0.25, 0.3) is 0 Å². The quantitative estimate of drug-likeness (QED) is 0.922. The molecule has 1 aliphatic heterocycles. The lowest BCUT2D eigenvalue weighted by Crippen LogP contribution is -2.39. The minimum Gasteiger partial charge on any atom is -0.478 e. The average molecular weight is 304 g/mol. The monoisotopic (exact) mass is 304 g/mol. The van der Waals surface area contributed by atoms with Gasteiger partial charge in [0.2, 0.25) is 5.91 Å². The Morgan fingerprint density at radius 1 is 1.18 bits per heavy atom. The van der Waals surface area contributed by atoms with Crippen molar-refractivity contribution in [3.63, 3.8) is 0 Å². The van der Waals surface area contributed by atoms with Crippen molar-refractivity contribution in [1.82, 2.24) is 9.47 Å². The SMILES string of the molecule is O=C(O)c1ccc2oc(=O)n(CC(=O)N3CCCCC3)c2c1. The van der Waals surface area contributed by atoms with Crippen LogP contribution in [0.2, 0.25) is 0 Å². The van der Waals surface area contributed by atoms with Crippen molar-refractivity contribution in [2.75, 3.05) is 13.1 Å². The van der Waals surface area contributed by atoms with E-state index in [0.717, 1.165) is 19.3 Å². The van der Waals surface area contributed by atoms with Crippen molar-refractivity contribution in [3.05, 3.63) is 34.3 Å².